The first kappa shape index (κ1) is 20.8. The molecule has 0 unspecified atom stereocenters. The van der Waals surface area contributed by atoms with Crippen LogP contribution in [0.3, 0.4) is 0 Å². The Kier molecular flexibility index (Phi) is 5.84. The molecule has 2 N–H and O–H groups in total. The summed E-state index contributed by atoms with van der Waals surface area (Å²) in [7, 11) is 0. The van der Waals surface area contributed by atoms with Gasteiger partial charge in [0.15, 0.2) is 5.58 Å². The fourth-order valence-electron chi connectivity index (χ4n) is 3.15. The molecule has 0 aliphatic carbocycles. The average Bonchev–Trinajstić information content (AvgIpc) is 2.77. The van der Waals surface area contributed by atoms with Crippen LogP contribution in [0.25, 0.3) is 11.0 Å². The molecule has 7 heteroatoms. The summed E-state index contributed by atoms with van der Waals surface area (Å²) in [4.78, 5) is 22.0. The molecule has 0 atom stereocenters. The molecule has 156 valence electrons. The van der Waals surface area contributed by atoms with Gasteiger partial charge in [0.05, 0.1) is 28.7 Å². The van der Waals surface area contributed by atoms with Gasteiger partial charge in [-0.05, 0) is 44.2 Å². The monoisotopic (exact) mass is 433 g/mol. The van der Waals surface area contributed by atoms with Crippen molar-refractivity contribution in [1.82, 2.24) is 4.98 Å². The van der Waals surface area contributed by atoms with Gasteiger partial charge in [-0.1, -0.05) is 41.4 Å². The predicted molar refractivity (Wildman–Crippen MR) is 120 cm³/mol. The van der Waals surface area contributed by atoms with Crippen LogP contribution in [-0.4, -0.2) is 16.0 Å². The molecule has 2 heterocycles. The number of carbonyl (C=O) groups is 1. The van der Waals surface area contributed by atoms with Gasteiger partial charge in [-0.3, -0.25) is 9.78 Å². The second kappa shape index (κ2) is 8.71. The van der Waals surface area contributed by atoms with Gasteiger partial charge >= 0.3 is 0 Å². The number of para-hydroxylation sites is 1. The molecule has 2 aromatic heterocycles. The van der Waals surface area contributed by atoms with Gasteiger partial charge in [0.25, 0.3) is 5.91 Å². The number of anilines is 1. The molecule has 0 spiro atoms. The fraction of sp³-hybridized carbons (Fsp3) is 0.125. The van der Waals surface area contributed by atoms with Crippen molar-refractivity contribution >= 4 is 39.9 Å². The summed E-state index contributed by atoms with van der Waals surface area (Å²) < 4.78 is 6.06. The van der Waals surface area contributed by atoms with Gasteiger partial charge in [-0.25, -0.2) is 4.99 Å². The van der Waals surface area contributed by atoms with Crippen LogP contribution in [-0.2, 0) is 6.61 Å². The van der Waals surface area contributed by atoms with Gasteiger partial charge in [0.2, 0.25) is 5.55 Å². The molecule has 2 aromatic carbocycles. The van der Waals surface area contributed by atoms with Crippen molar-refractivity contribution in [3.63, 3.8) is 0 Å². The van der Waals surface area contributed by atoms with Crippen molar-refractivity contribution in [3.05, 3.63) is 93.8 Å². The second-order valence-electron chi connectivity index (χ2n) is 7.12. The lowest BCUT2D eigenvalue weighted by atomic mass is 10.1. The van der Waals surface area contributed by atoms with Gasteiger partial charge in [0.1, 0.15) is 5.56 Å². The number of aromatic nitrogens is 1. The number of benzene rings is 2. The summed E-state index contributed by atoms with van der Waals surface area (Å²) in [5.41, 5.74) is 4.22. The third-order valence-corrected chi connectivity index (χ3v) is 5.18. The fourth-order valence-corrected chi connectivity index (χ4v) is 3.33. The molecule has 0 saturated heterocycles. The lowest BCUT2D eigenvalue weighted by Gasteiger charge is -2.10. The highest BCUT2D eigenvalue weighted by Crippen LogP contribution is 2.24. The first-order chi connectivity index (χ1) is 15.0. The molecule has 31 heavy (non-hydrogen) atoms. The minimum absolute atomic E-state index is 0.140. The van der Waals surface area contributed by atoms with E-state index in [1.807, 2.05) is 31.2 Å². The van der Waals surface area contributed by atoms with Gasteiger partial charge in [0, 0.05) is 17.1 Å². The molecule has 6 nitrogen and oxygen atoms in total. The van der Waals surface area contributed by atoms with E-state index in [2.05, 4.69) is 15.3 Å². The number of hydrogen-bond acceptors (Lipinski definition) is 5. The number of aryl methyl sites for hydroxylation is 2. The summed E-state index contributed by atoms with van der Waals surface area (Å²) in [6.07, 6.45) is 1.57. The zero-order valence-electron chi connectivity index (χ0n) is 17.0. The largest absolute Gasteiger partial charge is 0.436 e. The number of fused-ring (bicyclic) bond motifs is 1. The lowest BCUT2D eigenvalue weighted by molar-refractivity contribution is 0.102. The number of halogens is 1. The number of aliphatic hydroxyl groups is 1. The SMILES string of the molecule is Cc1ccc(N=c2oc3c(C)ncc(CO)c3cc2C(=O)Nc2ccccc2Cl)cc1. The zero-order chi connectivity index (χ0) is 22.0. The van der Waals surface area contributed by atoms with E-state index in [1.165, 1.54) is 0 Å². The van der Waals surface area contributed by atoms with E-state index in [0.29, 0.717) is 38.6 Å². The summed E-state index contributed by atoms with van der Waals surface area (Å²) in [6, 6.07) is 16.2. The Morgan fingerprint density at radius 3 is 2.61 bits per heavy atom. The zero-order valence-corrected chi connectivity index (χ0v) is 17.8. The number of aliphatic hydroxyl groups excluding tert-OH is 1. The number of pyridine rings is 1. The maximum Gasteiger partial charge on any atom is 0.261 e. The Morgan fingerprint density at radius 1 is 1.16 bits per heavy atom. The predicted octanol–water partition coefficient (Wildman–Crippen LogP) is 5.08. The molecule has 0 radical (unpaired) electrons. The van der Waals surface area contributed by atoms with E-state index in [1.54, 1.807) is 43.5 Å². The summed E-state index contributed by atoms with van der Waals surface area (Å²) >= 11 is 6.20. The molecule has 4 aromatic rings. The lowest BCUT2D eigenvalue weighted by Crippen LogP contribution is -2.22. The quantitative estimate of drug-likeness (QED) is 0.470. The first-order valence-corrected chi connectivity index (χ1v) is 10.0. The summed E-state index contributed by atoms with van der Waals surface area (Å²) in [5.74, 6) is -0.428. The molecule has 4 rings (SSSR count). The van der Waals surface area contributed by atoms with Crippen molar-refractivity contribution in [1.29, 1.82) is 0 Å². The summed E-state index contributed by atoms with van der Waals surface area (Å²) in [5, 5.41) is 13.6. The topological polar surface area (TPSA) is 87.7 Å². The highest BCUT2D eigenvalue weighted by molar-refractivity contribution is 6.33. The van der Waals surface area contributed by atoms with Crippen LogP contribution in [0.15, 0.2) is 70.2 Å². The molecule has 0 bridgehead atoms. The van der Waals surface area contributed by atoms with Crippen molar-refractivity contribution in [2.24, 2.45) is 4.99 Å². The second-order valence-corrected chi connectivity index (χ2v) is 7.52. The molecule has 0 aliphatic rings. The molecular weight excluding hydrogens is 414 g/mol. The normalized spacial score (nSPS) is 11.7. The van der Waals surface area contributed by atoms with E-state index in [4.69, 9.17) is 16.0 Å². The van der Waals surface area contributed by atoms with Crippen LogP contribution < -0.4 is 10.9 Å². The highest BCUT2D eigenvalue weighted by Gasteiger charge is 2.17. The highest BCUT2D eigenvalue weighted by atomic mass is 35.5. The number of nitrogens with zero attached hydrogens (tertiary/aromatic N) is 2. The number of hydrogen-bond donors (Lipinski definition) is 2. The average molecular weight is 434 g/mol. The standard InChI is InChI=1S/C24H20ClN3O3/c1-14-7-9-17(10-8-14)27-24-19(23(30)28-21-6-4-3-5-20(21)25)11-18-16(13-29)12-26-15(2)22(18)31-24/h3-12,29H,13H2,1-2H3,(H,28,30). The number of nitrogens with one attached hydrogen (secondary N) is 1. The maximum atomic E-state index is 13.2. The van der Waals surface area contributed by atoms with E-state index in [-0.39, 0.29) is 17.7 Å². The third kappa shape index (κ3) is 4.35. The van der Waals surface area contributed by atoms with Crippen LogP contribution in [0, 0.1) is 13.8 Å². The molecular formula is C24H20ClN3O3. The van der Waals surface area contributed by atoms with Gasteiger partial charge in [-0.2, -0.15) is 0 Å². The Hall–Kier alpha value is -3.48. The third-order valence-electron chi connectivity index (χ3n) is 4.85. The van der Waals surface area contributed by atoms with Crippen LogP contribution >= 0.6 is 11.6 Å². The Labute approximate surface area is 183 Å². The Morgan fingerprint density at radius 2 is 1.90 bits per heavy atom. The van der Waals surface area contributed by atoms with Crippen molar-refractivity contribution < 1.29 is 14.3 Å². The van der Waals surface area contributed by atoms with Crippen LogP contribution in [0.4, 0.5) is 11.4 Å². The van der Waals surface area contributed by atoms with Crippen molar-refractivity contribution in [2.45, 2.75) is 20.5 Å². The molecule has 1 amide bonds. The van der Waals surface area contributed by atoms with E-state index in [9.17, 15) is 9.90 Å². The van der Waals surface area contributed by atoms with Crippen molar-refractivity contribution in [3.8, 4) is 0 Å². The van der Waals surface area contributed by atoms with Crippen molar-refractivity contribution in [2.75, 3.05) is 5.32 Å². The van der Waals surface area contributed by atoms with E-state index in [0.717, 1.165) is 5.56 Å². The number of rotatable bonds is 4. The Balaban J connectivity index is 1.93. The first-order valence-electron chi connectivity index (χ1n) is 9.66. The number of carbonyl (C=O) groups excluding carboxylic acids is 1. The van der Waals surface area contributed by atoms with Gasteiger partial charge < -0.3 is 14.8 Å². The van der Waals surface area contributed by atoms with Gasteiger partial charge in [-0.15, -0.1) is 0 Å². The minimum atomic E-state index is -0.428. The van der Waals surface area contributed by atoms with Crippen LogP contribution in [0.2, 0.25) is 5.02 Å². The van der Waals surface area contributed by atoms with Crippen LogP contribution in [0.1, 0.15) is 27.2 Å². The number of amides is 1. The summed E-state index contributed by atoms with van der Waals surface area (Å²) in [6.45, 7) is 3.55. The Bertz CT molecular complexity index is 1340. The maximum absolute atomic E-state index is 13.2. The van der Waals surface area contributed by atoms with Crippen LogP contribution in [0.5, 0.6) is 0 Å². The van der Waals surface area contributed by atoms with E-state index >= 15 is 0 Å². The molecule has 0 saturated carbocycles. The smallest absolute Gasteiger partial charge is 0.261 e. The molecule has 0 aliphatic heterocycles. The minimum Gasteiger partial charge on any atom is -0.436 e. The molecule has 0 fully saturated rings. The van der Waals surface area contributed by atoms with E-state index < -0.39 is 5.91 Å².